The molecule has 4 heteroatoms. The van der Waals surface area contributed by atoms with Crippen LogP contribution in [0.2, 0.25) is 0 Å². The molecule has 1 saturated carbocycles. The van der Waals surface area contributed by atoms with Crippen LogP contribution in [0.15, 0.2) is 12.1 Å². The van der Waals surface area contributed by atoms with E-state index in [0.29, 0.717) is 12.1 Å². The van der Waals surface area contributed by atoms with Crippen molar-refractivity contribution < 1.29 is 15.3 Å². The number of benzene rings is 1. The SMILES string of the molecule is NCC1(c2ccc(O)c(O)c2O)CCCC1. The summed E-state index contributed by atoms with van der Waals surface area (Å²) in [6, 6.07) is 3.06. The Hall–Kier alpha value is -1.42. The summed E-state index contributed by atoms with van der Waals surface area (Å²) in [7, 11) is 0. The van der Waals surface area contributed by atoms with E-state index in [1.54, 1.807) is 6.07 Å². The van der Waals surface area contributed by atoms with Gasteiger partial charge in [0, 0.05) is 17.5 Å². The van der Waals surface area contributed by atoms with Gasteiger partial charge in [-0.2, -0.15) is 0 Å². The zero-order valence-corrected chi connectivity index (χ0v) is 9.11. The van der Waals surface area contributed by atoms with Crippen LogP contribution < -0.4 is 5.73 Å². The van der Waals surface area contributed by atoms with Crippen molar-refractivity contribution in [2.24, 2.45) is 5.73 Å². The molecule has 0 spiro atoms. The minimum absolute atomic E-state index is 0.229. The molecule has 1 fully saturated rings. The molecule has 1 aliphatic carbocycles. The van der Waals surface area contributed by atoms with Gasteiger partial charge in [0.2, 0.25) is 5.75 Å². The topological polar surface area (TPSA) is 86.7 Å². The molecular formula is C12H17NO3. The summed E-state index contributed by atoms with van der Waals surface area (Å²) in [4.78, 5) is 0. The van der Waals surface area contributed by atoms with E-state index in [9.17, 15) is 15.3 Å². The molecular weight excluding hydrogens is 206 g/mol. The van der Waals surface area contributed by atoms with Crippen LogP contribution in [0.3, 0.4) is 0 Å². The van der Waals surface area contributed by atoms with E-state index in [4.69, 9.17) is 5.73 Å². The molecule has 0 amide bonds. The highest BCUT2D eigenvalue weighted by atomic mass is 16.3. The van der Waals surface area contributed by atoms with Crippen LogP contribution >= 0.6 is 0 Å². The van der Waals surface area contributed by atoms with E-state index in [1.807, 2.05) is 0 Å². The first-order valence-electron chi connectivity index (χ1n) is 5.55. The van der Waals surface area contributed by atoms with Crippen LogP contribution in [0.25, 0.3) is 0 Å². The van der Waals surface area contributed by atoms with Gasteiger partial charge in [-0.25, -0.2) is 0 Å². The molecule has 88 valence electrons. The molecule has 1 aromatic rings. The number of phenolic OH excluding ortho intramolecular Hbond substituents is 3. The summed E-state index contributed by atoms with van der Waals surface area (Å²) in [5, 5.41) is 28.7. The van der Waals surface area contributed by atoms with Gasteiger partial charge in [0.25, 0.3) is 0 Å². The van der Waals surface area contributed by atoms with Crippen LogP contribution in [-0.4, -0.2) is 21.9 Å². The zero-order valence-electron chi connectivity index (χ0n) is 9.11. The number of aromatic hydroxyl groups is 3. The molecule has 0 atom stereocenters. The predicted molar refractivity (Wildman–Crippen MR) is 60.6 cm³/mol. The summed E-state index contributed by atoms with van der Waals surface area (Å²) in [5.74, 6) is -0.976. The Morgan fingerprint density at radius 3 is 2.25 bits per heavy atom. The van der Waals surface area contributed by atoms with Crippen molar-refractivity contribution in [1.82, 2.24) is 0 Å². The Labute approximate surface area is 94.3 Å². The number of hydrogen-bond acceptors (Lipinski definition) is 4. The Morgan fingerprint density at radius 1 is 1.06 bits per heavy atom. The predicted octanol–water partition coefficient (Wildman–Crippen LogP) is 1.57. The first-order valence-corrected chi connectivity index (χ1v) is 5.55. The van der Waals surface area contributed by atoms with Crippen LogP contribution in [-0.2, 0) is 5.41 Å². The third kappa shape index (κ3) is 1.50. The number of hydrogen-bond donors (Lipinski definition) is 4. The monoisotopic (exact) mass is 223 g/mol. The van der Waals surface area contributed by atoms with Crippen LogP contribution in [0, 0.1) is 0 Å². The van der Waals surface area contributed by atoms with Gasteiger partial charge < -0.3 is 21.1 Å². The maximum Gasteiger partial charge on any atom is 0.200 e. The van der Waals surface area contributed by atoms with Crippen molar-refractivity contribution in [3.8, 4) is 17.2 Å². The molecule has 1 aliphatic rings. The average Bonchev–Trinajstić information content (AvgIpc) is 2.76. The Bertz CT molecular complexity index is 397. The van der Waals surface area contributed by atoms with Crippen molar-refractivity contribution in [2.45, 2.75) is 31.1 Å². The summed E-state index contributed by atoms with van der Waals surface area (Å²) in [6.07, 6.45) is 4.00. The summed E-state index contributed by atoms with van der Waals surface area (Å²) in [5.41, 5.74) is 6.22. The lowest BCUT2D eigenvalue weighted by atomic mass is 9.78. The third-order valence-electron chi connectivity index (χ3n) is 3.65. The molecule has 0 aliphatic heterocycles. The van der Waals surface area contributed by atoms with E-state index in [1.165, 1.54) is 6.07 Å². The zero-order chi connectivity index (χ0) is 11.8. The lowest BCUT2D eigenvalue weighted by Gasteiger charge is -2.28. The van der Waals surface area contributed by atoms with E-state index in [-0.39, 0.29) is 16.9 Å². The molecule has 1 aromatic carbocycles. The molecule has 16 heavy (non-hydrogen) atoms. The summed E-state index contributed by atoms with van der Waals surface area (Å²) >= 11 is 0. The van der Waals surface area contributed by atoms with Crippen LogP contribution in [0.4, 0.5) is 0 Å². The Balaban J connectivity index is 2.51. The number of phenols is 3. The standard InChI is InChI=1S/C12H17NO3/c13-7-12(5-1-2-6-12)8-3-4-9(14)11(16)10(8)15/h3-4,14-16H,1-2,5-7,13H2. The minimum atomic E-state index is -0.447. The fourth-order valence-electron chi connectivity index (χ4n) is 2.63. The molecule has 4 nitrogen and oxygen atoms in total. The van der Waals surface area contributed by atoms with Crippen molar-refractivity contribution in [3.05, 3.63) is 17.7 Å². The molecule has 0 unspecified atom stereocenters. The largest absolute Gasteiger partial charge is 0.504 e. The van der Waals surface area contributed by atoms with Crippen LogP contribution in [0.1, 0.15) is 31.2 Å². The number of nitrogens with two attached hydrogens (primary N) is 1. The quantitative estimate of drug-likeness (QED) is 0.573. The lowest BCUT2D eigenvalue weighted by Crippen LogP contribution is -2.32. The summed E-state index contributed by atoms with van der Waals surface area (Å²) < 4.78 is 0. The van der Waals surface area contributed by atoms with Crippen molar-refractivity contribution in [1.29, 1.82) is 0 Å². The second-order valence-corrected chi connectivity index (χ2v) is 4.52. The van der Waals surface area contributed by atoms with Crippen LogP contribution in [0.5, 0.6) is 17.2 Å². The van der Waals surface area contributed by atoms with Gasteiger partial charge >= 0.3 is 0 Å². The molecule has 0 bridgehead atoms. The Morgan fingerprint density at radius 2 is 1.69 bits per heavy atom. The minimum Gasteiger partial charge on any atom is -0.504 e. The highest BCUT2D eigenvalue weighted by molar-refractivity contribution is 5.55. The molecule has 2 rings (SSSR count). The maximum atomic E-state index is 9.87. The fraction of sp³-hybridized carbons (Fsp3) is 0.500. The smallest absolute Gasteiger partial charge is 0.200 e. The maximum absolute atomic E-state index is 9.87. The van der Waals surface area contributed by atoms with Gasteiger partial charge in [-0.1, -0.05) is 18.9 Å². The fourth-order valence-corrected chi connectivity index (χ4v) is 2.63. The Kier molecular flexibility index (Phi) is 2.68. The third-order valence-corrected chi connectivity index (χ3v) is 3.65. The van der Waals surface area contributed by atoms with Gasteiger partial charge in [0.1, 0.15) is 0 Å². The molecule has 5 N–H and O–H groups in total. The van der Waals surface area contributed by atoms with Gasteiger partial charge in [-0.3, -0.25) is 0 Å². The number of rotatable bonds is 2. The molecule has 0 radical (unpaired) electrons. The molecule has 0 saturated heterocycles. The normalized spacial score (nSPS) is 18.8. The van der Waals surface area contributed by atoms with Gasteiger partial charge in [0.05, 0.1) is 0 Å². The van der Waals surface area contributed by atoms with Gasteiger partial charge in [-0.15, -0.1) is 0 Å². The highest BCUT2D eigenvalue weighted by Gasteiger charge is 2.37. The average molecular weight is 223 g/mol. The highest BCUT2D eigenvalue weighted by Crippen LogP contribution is 2.48. The first-order chi connectivity index (χ1) is 7.60. The van der Waals surface area contributed by atoms with Crippen molar-refractivity contribution >= 4 is 0 Å². The van der Waals surface area contributed by atoms with E-state index >= 15 is 0 Å². The van der Waals surface area contributed by atoms with Gasteiger partial charge in [-0.05, 0) is 18.9 Å². The van der Waals surface area contributed by atoms with Crippen molar-refractivity contribution in [2.75, 3.05) is 6.54 Å². The molecule has 0 aromatic heterocycles. The van der Waals surface area contributed by atoms with E-state index in [2.05, 4.69) is 0 Å². The second kappa shape index (κ2) is 3.87. The first kappa shape index (κ1) is 11.1. The molecule has 0 heterocycles. The lowest BCUT2D eigenvalue weighted by molar-refractivity contribution is 0.349. The van der Waals surface area contributed by atoms with Gasteiger partial charge in [0.15, 0.2) is 11.5 Å². The summed E-state index contributed by atoms with van der Waals surface area (Å²) in [6.45, 7) is 0.449. The second-order valence-electron chi connectivity index (χ2n) is 4.52. The van der Waals surface area contributed by atoms with E-state index in [0.717, 1.165) is 25.7 Å². The van der Waals surface area contributed by atoms with E-state index < -0.39 is 5.75 Å². The van der Waals surface area contributed by atoms with Crippen molar-refractivity contribution in [3.63, 3.8) is 0 Å².